The van der Waals surface area contributed by atoms with E-state index >= 15 is 0 Å². The molecule has 6 nitrogen and oxygen atoms in total. The molecular formula is C13H10ClNO5S. The molecule has 2 rings (SSSR count). The normalized spacial score (nSPS) is 11.4. The fourth-order valence-corrected chi connectivity index (χ4v) is 3.00. The van der Waals surface area contributed by atoms with Crippen molar-refractivity contribution in [3.63, 3.8) is 0 Å². The van der Waals surface area contributed by atoms with Crippen molar-refractivity contribution in [2.24, 2.45) is 0 Å². The number of halogens is 1. The van der Waals surface area contributed by atoms with Crippen LogP contribution < -0.4 is 0 Å². The minimum atomic E-state index is -4.44. The summed E-state index contributed by atoms with van der Waals surface area (Å²) in [5, 5.41) is 10.9. The van der Waals surface area contributed by atoms with E-state index in [1.807, 2.05) is 0 Å². The summed E-state index contributed by atoms with van der Waals surface area (Å²) in [7, 11) is -4.44. The molecule has 0 fully saturated rings. The zero-order valence-corrected chi connectivity index (χ0v) is 12.4. The van der Waals surface area contributed by atoms with Crippen molar-refractivity contribution in [2.75, 3.05) is 0 Å². The first-order chi connectivity index (χ1) is 9.71. The summed E-state index contributed by atoms with van der Waals surface area (Å²) in [6.07, 6.45) is 0. The molecule has 8 heteroatoms. The number of rotatable bonds is 3. The van der Waals surface area contributed by atoms with Crippen LogP contribution in [0.15, 0.2) is 41.3 Å². The number of aryl methyl sites for hydroxylation is 1. The minimum absolute atomic E-state index is 0.0365. The van der Waals surface area contributed by atoms with Crippen molar-refractivity contribution < 1.29 is 17.9 Å². The quantitative estimate of drug-likeness (QED) is 0.529. The Morgan fingerprint density at radius 3 is 2.38 bits per heavy atom. The van der Waals surface area contributed by atoms with E-state index in [0.29, 0.717) is 11.1 Å². The molecule has 110 valence electrons. The van der Waals surface area contributed by atoms with Crippen LogP contribution in [-0.2, 0) is 10.1 Å². The Hall–Kier alpha value is -1.96. The van der Waals surface area contributed by atoms with Gasteiger partial charge in [-0.25, -0.2) is 0 Å². The van der Waals surface area contributed by atoms with Crippen molar-refractivity contribution in [3.05, 3.63) is 57.1 Å². The molecule has 0 saturated carbocycles. The Morgan fingerprint density at radius 2 is 1.81 bits per heavy atom. The molecular weight excluding hydrogens is 318 g/mol. The summed E-state index contributed by atoms with van der Waals surface area (Å²) >= 11 is 5.80. The lowest BCUT2D eigenvalue weighted by molar-refractivity contribution is -0.384. The number of nitro benzene ring substituents is 1. The molecule has 21 heavy (non-hydrogen) atoms. The van der Waals surface area contributed by atoms with Gasteiger partial charge in [0.15, 0.2) is 0 Å². The number of hydrogen-bond acceptors (Lipinski definition) is 4. The summed E-state index contributed by atoms with van der Waals surface area (Å²) in [6, 6.07) is 8.29. The van der Waals surface area contributed by atoms with Gasteiger partial charge in [0.1, 0.15) is 9.92 Å². The molecule has 0 amide bonds. The Morgan fingerprint density at radius 1 is 1.19 bits per heavy atom. The van der Waals surface area contributed by atoms with E-state index in [-0.39, 0.29) is 21.2 Å². The number of nitro groups is 1. The molecule has 2 aromatic rings. The molecule has 1 N–H and O–H groups in total. The van der Waals surface area contributed by atoms with Crippen LogP contribution in [0.2, 0.25) is 5.02 Å². The predicted octanol–water partition coefficient (Wildman–Crippen LogP) is 3.47. The van der Waals surface area contributed by atoms with E-state index < -0.39 is 15.0 Å². The third kappa shape index (κ3) is 3.05. The van der Waals surface area contributed by atoms with Crippen LogP contribution in [0, 0.1) is 17.0 Å². The molecule has 0 spiro atoms. The van der Waals surface area contributed by atoms with Crippen molar-refractivity contribution in [3.8, 4) is 11.1 Å². The van der Waals surface area contributed by atoms with Crippen molar-refractivity contribution in [1.29, 1.82) is 0 Å². The molecule has 0 bridgehead atoms. The third-order valence-electron chi connectivity index (χ3n) is 2.95. The highest BCUT2D eigenvalue weighted by atomic mass is 35.5. The fourth-order valence-electron chi connectivity index (χ4n) is 2.01. The maximum Gasteiger partial charge on any atom is 0.295 e. The molecule has 0 unspecified atom stereocenters. The Kier molecular flexibility index (Phi) is 3.99. The highest BCUT2D eigenvalue weighted by Gasteiger charge is 2.21. The van der Waals surface area contributed by atoms with Gasteiger partial charge in [-0.05, 0) is 30.2 Å². The maximum atomic E-state index is 11.4. The SMILES string of the molecule is Cc1cc(Cl)c([N+](=O)[O-])cc1-c1ccccc1S(=O)(=O)O. The summed E-state index contributed by atoms with van der Waals surface area (Å²) in [4.78, 5) is 9.99. The topological polar surface area (TPSA) is 97.5 Å². The second-order valence-corrected chi connectivity index (χ2v) is 6.14. The first-order valence-corrected chi connectivity index (χ1v) is 7.55. The first-order valence-electron chi connectivity index (χ1n) is 5.73. The average Bonchev–Trinajstić information content (AvgIpc) is 2.37. The second-order valence-electron chi connectivity index (χ2n) is 4.35. The van der Waals surface area contributed by atoms with Crippen LogP contribution in [0.4, 0.5) is 5.69 Å². The van der Waals surface area contributed by atoms with Crippen molar-refractivity contribution >= 4 is 27.4 Å². The lowest BCUT2D eigenvalue weighted by atomic mass is 10.00. The molecule has 0 radical (unpaired) electrons. The van der Waals surface area contributed by atoms with Gasteiger partial charge in [0.2, 0.25) is 0 Å². The van der Waals surface area contributed by atoms with Crippen LogP contribution in [0.5, 0.6) is 0 Å². The van der Waals surface area contributed by atoms with Gasteiger partial charge in [0, 0.05) is 11.6 Å². The molecule has 0 aromatic heterocycles. The van der Waals surface area contributed by atoms with E-state index in [4.69, 9.17) is 11.6 Å². The maximum absolute atomic E-state index is 11.4. The standard InChI is InChI=1S/C13H10ClNO5S/c1-8-6-11(14)12(15(16)17)7-10(8)9-4-2-3-5-13(9)21(18,19)20/h2-7H,1H3,(H,18,19,20). The monoisotopic (exact) mass is 327 g/mol. The van der Waals surface area contributed by atoms with Gasteiger partial charge >= 0.3 is 0 Å². The number of benzene rings is 2. The van der Waals surface area contributed by atoms with Gasteiger partial charge in [-0.15, -0.1) is 0 Å². The Balaban J connectivity index is 2.80. The van der Waals surface area contributed by atoms with Crippen molar-refractivity contribution in [2.45, 2.75) is 11.8 Å². The van der Waals surface area contributed by atoms with Gasteiger partial charge in [0.05, 0.1) is 4.92 Å². The van der Waals surface area contributed by atoms with Crippen LogP contribution in [-0.4, -0.2) is 17.9 Å². The smallest absolute Gasteiger partial charge is 0.282 e. The van der Waals surface area contributed by atoms with E-state index in [1.54, 1.807) is 13.0 Å². The predicted molar refractivity (Wildman–Crippen MR) is 78.1 cm³/mol. The number of hydrogen-bond donors (Lipinski definition) is 1. The third-order valence-corrected chi connectivity index (χ3v) is 4.16. The highest BCUT2D eigenvalue weighted by Crippen LogP contribution is 2.36. The summed E-state index contributed by atoms with van der Waals surface area (Å²) in [6.45, 7) is 1.64. The minimum Gasteiger partial charge on any atom is -0.282 e. The fraction of sp³-hybridized carbons (Fsp3) is 0.0769. The van der Waals surface area contributed by atoms with Gasteiger partial charge in [-0.1, -0.05) is 29.8 Å². The van der Waals surface area contributed by atoms with Crippen LogP contribution in [0.3, 0.4) is 0 Å². The largest absolute Gasteiger partial charge is 0.295 e. The lowest BCUT2D eigenvalue weighted by Crippen LogP contribution is -2.01. The lowest BCUT2D eigenvalue weighted by Gasteiger charge is -2.10. The van der Waals surface area contributed by atoms with E-state index in [0.717, 1.165) is 0 Å². The summed E-state index contributed by atoms with van der Waals surface area (Å²) in [5.74, 6) is 0. The van der Waals surface area contributed by atoms with E-state index in [9.17, 15) is 23.1 Å². The zero-order chi connectivity index (χ0) is 15.8. The van der Waals surface area contributed by atoms with E-state index in [1.165, 1.54) is 30.3 Å². The molecule has 0 aliphatic carbocycles. The second kappa shape index (κ2) is 5.44. The highest BCUT2D eigenvalue weighted by molar-refractivity contribution is 7.86. The number of nitrogens with zero attached hydrogens (tertiary/aromatic N) is 1. The van der Waals surface area contributed by atoms with Gasteiger partial charge in [-0.2, -0.15) is 8.42 Å². The molecule has 0 saturated heterocycles. The average molecular weight is 328 g/mol. The summed E-state index contributed by atoms with van der Waals surface area (Å²) in [5.41, 5.74) is 0.723. The van der Waals surface area contributed by atoms with Crippen LogP contribution in [0.1, 0.15) is 5.56 Å². The zero-order valence-electron chi connectivity index (χ0n) is 10.8. The van der Waals surface area contributed by atoms with Crippen LogP contribution >= 0.6 is 11.6 Å². The Labute approximate surface area is 125 Å². The molecule has 0 heterocycles. The van der Waals surface area contributed by atoms with Gasteiger partial charge in [-0.3, -0.25) is 14.7 Å². The van der Waals surface area contributed by atoms with Crippen molar-refractivity contribution in [1.82, 2.24) is 0 Å². The Bertz CT molecular complexity index is 832. The van der Waals surface area contributed by atoms with Gasteiger partial charge in [0.25, 0.3) is 15.8 Å². The van der Waals surface area contributed by atoms with Gasteiger partial charge < -0.3 is 0 Å². The summed E-state index contributed by atoms with van der Waals surface area (Å²) < 4.78 is 32.1. The molecule has 0 atom stereocenters. The molecule has 0 aliphatic heterocycles. The first kappa shape index (κ1) is 15.4. The van der Waals surface area contributed by atoms with Crippen LogP contribution in [0.25, 0.3) is 11.1 Å². The molecule has 0 aliphatic rings. The van der Waals surface area contributed by atoms with E-state index in [2.05, 4.69) is 0 Å². The molecule has 2 aromatic carbocycles.